The van der Waals surface area contributed by atoms with Crippen LogP contribution in [0.1, 0.15) is 0 Å². The molecule has 0 aliphatic heterocycles. The molecule has 1 aromatic rings. The molecule has 0 aromatic carbocycles. The van der Waals surface area contributed by atoms with Crippen molar-refractivity contribution in [1.29, 1.82) is 0 Å². The lowest BCUT2D eigenvalue weighted by Crippen LogP contribution is -2.16. The van der Waals surface area contributed by atoms with E-state index in [9.17, 15) is 4.79 Å². The van der Waals surface area contributed by atoms with Gasteiger partial charge in [0.1, 0.15) is 0 Å². The van der Waals surface area contributed by atoms with Crippen LogP contribution in [-0.2, 0) is 4.84 Å². The Hall–Kier alpha value is -1.29. The molecule has 0 bridgehead atoms. The van der Waals surface area contributed by atoms with Crippen LogP contribution in [0.3, 0.4) is 0 Å². The third-order valence-electron chi connectivity index (χ3n) is 1.26. The van der Waals surface area contributed by atoms with E-state index >= 15 is 0 Å². The number of hydrogen-bond donors (Lipinski definition) is 0. The molecular weight excluding hydrogens is 146 g/mol. The molecule has 4 nitrogen and oxygen atoms in total. The van der Waals surface area contributed by atoms with E-state index in [0.29, 0.717) is 5.88 Å². The van der Waals surface area contributed by atoms with Gasteiger partial charge >= 0.3 is 5.63 Å². The number of anilines is 1. The van der Waals surface area contributed by atoms with Gasteiger partial charge in [-0.05, 0) is 6.07 Å². The van der Waals surface area contributed by atoms with Gasteiger partial charge in [0.25, 0.3) is 0 Å². The van der Waals surface area contributed by atoms with Gasteiger partial charge in [0.15, 0.2) is 0 Å². The lowest BCUT2D eigenvalue weighted by Gasteiger charge is -2.12. The molecule has 0 spiro atoms. The van der Waals surface area contributed by atoms with Crippen molar-refractivity contribution < 1.29 is 9.25 Å². The maximum Gasteiger partial charge on any atom is 0.337 e. The Labute approximate surface area is 64.0 Å². The smallest absolute Gasteiger partial charge is 0.337 e. The average Bonchev–Trinajstić information content (AvgIpc) is 2.03. The van der Waals surface area contributed by atoms with Crippen LogP contribution in [0.5, 0.6) is 0 Å². The highest BCUT2D eigenvalue weighted by Crippen LogP contribution is 2.06. The van der Waals surface area contributed by atoms with Gasteiger partial charge in [-0.2, -0.15) is 0 Å². The molecule has 1 aromatic heterocycles. The Morgan fingerprint density at radius 3 is 2.82 bits per heavy atom. The minimum atomic E-state index is -0.383. The third kappa shape index (κ3) is 1.81. The highest BCUT2D eigenvalue weighted by Gasteiger charge is 1.99. The van der Waals surface area contributed by atoms with Crippen molar-refractivity contribution >= 4 is 5.88 Å². The largest absolute Gasteiger partial charge is 0.404 e. The Kier molecular flexibility index (Phi) is 2.28. The van der Waals surface area contributed by atoms with E-state index < -0.39 is 0 Å². The molecule has 0 unspecified atom stereocenters. The molecule has 60 valence electrons. The summed E-state index contributed by atoms with van der Waals surface area (Å²) >= 11 is 0. The van der Waals surface area contributed by atoms with Gasteiger partial charge < -0.3 is 4.42 Å². The van der Waals surface area contributed by atoms with E-state index in [-0.39, 0.29) is 5.63 Å². The van der Waals surface area contributed by atoms with E-state index in [0.717, 1.165) is 0 Å². The fraction of sp³-hybridized carbons (Fsp3) is 0.286. The predicted molar refractivity (Wildman–Crippen MR) is 40.4 cm³/mol. The molecule has 1 rings (SSSR count). The van der Waals surface area contributed by atoms with Crippen molar-refractivity contribution in [2.75, 3.05) is 19.2 Å². The number of hydroxylamine groups is 1. The molecule has 0 atom stereocenters. The summed E-state index contributed by atoms with van der Waals surface area (Å²) in [6.45, 7) is 0. The van der Waals surface area contributed by atoms with Crippen LogP contribution < -0.4 is 10.7 Å². The fourth-order valence-corrected chi connectivity index (χ4v) is 0.639. The minimum Gasteiger partial charge on any atom is -0.404 e. The Morgan fingerprint density at radius 2 is 2.27 bits per heavy atom. The second-order valence-corrected chi connectivity index (χ2v) is 1.97. The van der Waals surface area contributed by atoms with E-state index in [1.807, 2.05) is 0 Å². The van der Waals surface area contributed by atoms with E-state index in [1.54, 1.807) is 19.2 Å². The lowest BCUT2D eigenvalue weighted by molar-refractivity contribution is 0.168. The summed E-state index contributed by atoms with van der Waals surface area (Å²) in [5.41, 5.74) is -0.383. The maximum absolute atomic E-state index is 10.7. The SMILES string of the molecule is CON(C)c1cccc(=O)o1. The molecule has 11 heavy (non-hydrogen) atoms. The van der Waals surface area contributed by atoms with Crippen LogP contribution in [0.2, 0.25) is 0 Å². The number of nitrogens with zero attached hydrogens (tertiary/aromatic N) is 1. The molecule has 0 aliphatic rings. The first-order chi connectivity index (χ1) is 5.24. The van der Waals surface area contributed by atoms with Crippen molar-refractivity contribution in [2.45, 2.75) is 0 Å². The van der Waals surface area contributed by atoms with Gasteiger partial charge in [-0.3, -0.25) is 4.84 Å². The van der Waals surface area contributed by atoms with Gasteiger partial charge in [-0.25, -0.2) is 9.86 Å². The summed E-state index contributed by atoms with van der Waals surface area (Å²) in [7, 11) is 3.14. The molecule has 0 aliphatic carbocycles. The molecule has 0 N–H and O–H groups in total. The van der Waals surface area contributed by atoms with Gasteiger partial charge in [0, 0.05) is 19.2 Å². The molecule has 0 radical (unpaired) electrons. The number of hydrogen-bond acceptors (Lipinski definition) is 4. The number of rotatable bonds is 2. The first-order valence-electron chi connectivity index (χ1n) is 3.12. The van der Waals surface area contributed by atoms with Crippen LogP contribution in [-0.4, -0.2) is 14.2 Å². The third-order valence-corrected chi connectivity index (χ3v) is 1.26. The zero-order valence-electron chi connectivity index (χ0n) is 6.40. The summed E-state index contributed by atoms with van der Waals surface area (Å²) in [6.07, 6.45) is 0. The van der Waals surface area contributed by atoms with Crippen LogP contribution in [0, 0.1) is 0 Å². The first kappa shape index (κ1) is 7.81. The summed E-state index contributed by atoms with van der Waals surface area (Å²) in [4.78, 5) is 15.5. The van der Waals surface area contributed by atoms with Gasteiger partial charge in [0.2, 0.25) is 5.88 Å². The van der Waals surface area contributed by atoms with E-state index in [4.69, 9.17) is 9.25 Å². The molecule has 0 saturated carbocycles. The lowest BCUT2D eigenvalue weighted by atomic mass is 10.5. The standard InChI is InChI=1S/C7H9NO3/c1-8(10-2)6-4-3-5-7(9)11-6/h3-5H,1-2H3. The highest BCUT2D eigenvalue weighted by molar-refractivity contribution is 5.28. The molecule has 4 heteroatoms. The second kappa shape index (κ2) is 3.21. The Morgan fingerprint density at radius 1 is 1.55 bits per heavy atom. The molecule has 1 heterocycles. The normalized spacial score (nSPS) is 9.64. The molecule has 0 fully saturated rings. The van der Waals surface area contributed by atoms with Gasteiger partial charge in [0.05, 0.1) is 7.11 Å². The van der Waals surface area contributed by atoms with Crippen molar-refractivity contribution in [1.82, 2.24) is 0 Å². The van der Waals surface area contributed by atoms with Crippen molar-refractivity contribution in [3.8, 4) is 0 Å². The summed E-state index contributed by atoms with van der Waals surface area (Å²) in [6, 6.07) is 4.59. The van der Waals surface area contributed by atoms with E-state index in [1.165, 1.54) is 18.2 Å². The zero-order chi connectivity index (χ0) is 8.27. The molecule has 0 saturated heterocycles. The van der Waals surface area contributed by atoms with Gasteiger partial charge in [-0.15, -0.1) is 0 Å². The summed E-state index contributed by atoms with van der Waals surface area (Å²) < 4.78 is 4.78. The van der Waals surface area contributed by atoms with Crippen molar-refractivity contribution in [3.05, 3.63) is 28.6 Å². The van der Waals surface area contributed by atoms with Crippen LogP contribution in [0.15, 0.2) is 27.4 Å². The molecule has 0 amide bonds. The van der Waals surface area contributed by atoms with Crippen LogP contribution in [0.4, 0.5) is 5.88 Å². The minimum absolute atomic E-state index is 0.383. The highest BCUT2D eigenvalue weighted by atomic mass is 16.7. The maximum atomic E-state index is 10.7. The van der Waals surface area contributed by atoms with E-state index in [2.05, 4.69) is 0 Å². The predicted octanol–water partition coefficient (Wildman–Crippen LogP) is 0.637. The van der Waals surface area contributed by atoms with Crippen LogP contribution >= 0.6 is 0 Å². The van der Waals surface area contributed by atoms with Crippen LogP contribution in [0.25, 0.3) is 0 Å². The second-order valence-electron chi connectivity index (χ2n) is 1.97. The topological polar surface area (TPSA) is 42.7 Å². The summed E-state index contributed by atoms with van der Waals surface area (Å²) in [5.74, 6) is 0.389. The fourth-order valence-electron chi connectivity index (χ4n) is 0.639. The molecular formula is C7H9NO3. The zero-order valence-corrected chi connectivity index (χ0v) is 6.40. The van der Waals surface area contributed by atoms with Crippen molar-refractivity contribution in [2.24, 2.45) is 0 Å². The van der Waals surface area contributed by atoms with Crippen molar-refractivity contribution in [3.63, 3.8) is 0 Å². The first-order valence-corrected chi connectivity index (χ1v) is 3.12. The quantitative estimate of drug-likeness (QED) is 0.588. The average molecular weight is 155 g/mol. The van der Waals surface area contributed by atoms with Gasteiger partial charge in [-0.1, -0.05) is 0 Å². The Bertz CT molecular complexity index is 281. The summed E-state index contributed by atoms with van der Waals surface area (Å²) in [5, 5.41) is 1.36. The monoisotopic (exact) mass is 155 g/mol. The Balaban J connectivity index is 2.96.